The number of benzene rings is 1. The molecule has 1 aromatic rings. The van der Waals surface area contributed by atoms with Crippen molar-refractivity contribution in [1.82, 2.24) is 0 Å². The van der Waals surface area contributed by atoms with Gasteiger partial charge in [0, 0.05) is 0 Å². The fourth-order valence-electron chi connectivity index (χ4n) is 2.20. The predicted molar refractivity (Wildman–Crippen MR) is 117 cm³/mol. The van der Waals surface area contributed by atoms with E-state index in [1.165, 1.54) is 0 Å². The monoisotopic (exact) mass is 443 g/mol. The molecule has 0 unspecified atom stereocenters. The van der Waals surface area contributed by atoms with Crippen molar-refractivity contribution in [3.05, 3.63) is 29.8 Å². The normalized spacial score (nSPS) is 13.6. The summed E-state index contributed by atoms with van der Waals surface area (Å²) in [6.45, 7) is 3.89. The lowest BCUT2D eigenvalue weighted by Crippen LogP contribution is -2.34. The van der Waals surface area contributed by atoms with Crippen LogP contribution in [0, 0.1) is 5.92 Å². The van der Waals surface area contributed by atoms with E-state index in [1.54, 1.807) is 36.0 Å². The van der Waals surface area contributed by atoms with E-state index >= 15 is 0 Å². The summed E-state index contributed by atoms with van der Waals surface area (Å²) < 4.78 is 5.16. The SMILES string of the molecule is CC(C)C[C@H](N)C(=O)O.CSCC[C@H](N)C(=O)Oc1ccc(C[C@H](N)C(=O)O)cc1. The van der Waals surface area contributed by atoms with Gasteiger partial charge in [-0.25, -0.2) is 4.79 Å². The van der Waals surface area contributed by atoms with Crippen LogP contribution in [-0.4, -0.2) is 58.3 Å². The van der Waals surface area contributed by atoms with Gasteiger partial charge in [0.15, 0.2) is 0 Å². The van der Waals surface area contributed by atoms with E-state index in [-0.39, 0.29) is 6.42 Å². The van der Waals surface area contributed by atoms with Gasteiger partial charge in [0.2, 0.25) is 0 Å². The summed E-state index contributed by atoms with van der Waals surface area (Å²) in [6, 6.07) is 4.28. The molecule has 1 rings (SSSR count). The van der Waals surface area contributed by atoms with E-state index < -0.39 is 36.0 Å². The molecular formula is C20H33N3O6S. The second kappa shape index (κ2) is 14.8. The van der Waals surface area contributed by atoms with Crippen LogP contribution in [0.1, 0.15) is 32.3 Å². The number of carbonyl (C=O) groups excluding carboxylic acids is 1. The zero-order valence-corrected chi connectivity index (χ0v) is 18.4. The second-order valence-corrected chi connectivity index (χ2v) is 8.16. The maximum absolute atomic E-state index is 11.7. The largest absolute Gasteiger partial charge is 0.480 e. The van der Waals surface area contributed by atoms with Crippen molar-refractivity contribution >= 4 is 29.7 Å². The molecule has 0 fully saturated rings. The van der Waals surface area contributed by atoms with Crippen LogP contribution in [0.15, 0.2) is 24.3 Å². The Bertz CT molecular complexity index is 669. The highest BCUT2D eigenvalue weighted by atomic mass is 32.2. The lowest BCUT2D eigenvalue weighted by molar-refractivity contribution is -0.139. The summed E-state index contributed by atoms with van der Waals surface area (Å²) in [5, 5.41) is 17.0. The Hall–Kier alpha value is -2.14. The number of ether oxygens (including phenoxy) is 1. The summed E-state index contributed by atoms with van der Waals surface area (Å²) in [4.78, 5) is 32.5. The molecule has 10 heteroatoms. The molecule has 0 aromatic heterocycles. The third kappa shape index (κ3) is 12.4. The van der Waals surface area contributed by atoms with Crippen molar-refractivity contribution in [2.24, 2.45) is 23.1 Å². The number of thioether (sulfide) groups is 1. The van der Waals surface area contributed by atoms with E-state index in [0.29, 0.717) is 24.5 Å². The second-order valence-electron chi connectivity index (χ2n) is 7.18. The average Bonchev–Trinajstić information content (AvgIpc) is 2.67. The van der Waals surface area contributed by atoms with Crippen LogP contribution in [0.3, 0.4) is 0 Å². The van der Waals surface area contributed by atoms with Crippen molar-refractivity contribution in [1.29, 1.82) is 0 Å². The van der Waals surface area contributed by atoms with Crippen molar-refractivity contribution in [3.8, 4) is 5.75 Å². The Morgan fingerprint density at radius 3 is 1.90 bits per heavy atom. The Morgan fingerprint density at radius 2 is 1.50 bits per heavy atom. The van der Waals surface area contributed by atoms with Crippen molar-refractivity contribution < 1.29 is 29.3 Å². The number of rotatable bonds is 11. The number of carbonyl (C=O) groups is 3. The van der Waals surface area contributed by atoms with Crippen LogP contribution in [-0.2, 0) is 20.8 Å². The smallest absolute Gasteiger partial charge is 0.328 e. The number of carboxylic acid groups (broad SMARTS) is 2. The van der Waals surface area contributed by atoms with Crippen LogP contribution < -0.4 is 21.9 Å². The summed E-state index contributed by atoms with van der Waals surface area (Å²) in [6.07, 6.45) is 3.27. The molecular weight excluding hydrogens is 410 g/mol. The standard InChI is InChI=1S/C14H20N2O4S.C6H13NO2/c1-21-7-6-11(15)14(19)20-10-4-2-9(3-5-10)8-12(16)13(17)18;1-4(2)3-5(7)6(8)9/h2-5,11-12H,6-8,15-16H2,1H3,(H,17,18);4-5H,3,7H2,1-2H3,(H,8,9)/t11-,12-;5-/m00/s1. The summed E-state index contributed by atoms with van der Waals surface area (Å²) in [5.74, 6) is -0.904. The van der Waals surface area contributed by atoms with Gasteiger partial charge in [0.05, 0.1) is 0 Å². The maximum atomic E-state index is 11.7. The Balaban J connectivity index is 0.000000787. The Labute approximate surface area is 181 Å². The molecule has 0 bridgehead atoms. The Morgan fingerprint density at radius 1 is 0.967 bits per heavy atom. The highest BCUT2D eigenvalue weighted by Crippen LogP contribution is 2.14. The molecule has 0 amide bonds. The molecule has 0 aliphatic rings. The van der Waals surface area contributed by atoms with E-state index in [1.807, 2.05) is 20.1 Å². The topological polar surface area (TPSA) is 179 Å². The van der Waals surface area contributed by atoms with Gasteiger partial charge in [0.25, 0.3) is 0 Å². The quantitative estimate of drug-likeness (QED) is 0.245. The van der Waals surface area contributed by atoms with Gasteiger partial charge in [-0.15, -0.1) is 0 Å². The summed E-state index contributed by atoms with van der Waals surface area (Å²) in [7, 11) is 0. The third-order valence-corrected chi connectivity index (χ3v) is 4.54. The third-order valence-electron chi connectivity index (χ3n) is 3.89. The molecule has 3 atom stereocenters. The van der Waals surface area contributed by atoms with E-state index in [0.717, 1.165) is 11.3 Å². The first-order chi connectivity index (χ1) is 14.0. The number of carboxylic acids is 2. The molecule has 1 aromatic carbocycles. The van der Waals surface area contributed by atoms with Gasteiger partial charge < -0.3 is 32.2 Å². The van der Waals surface area contributed by atoms with E-state index in [2.05, 4.69) is 0 Å². The summed E-state index contributed by atoms with van der Waals surface area (Å²) >= 11 is 1.62. The van der Waals surface area contributed by atoms with Gasteiger partial charge in [0.1, 0.15) is 23.9 Å². The molecule has 0 saturated heterocycles. The van der Waals surface area contributed by atoms with Gasteiger partial charge in [-0.1, -0.05) is 26.0 Å². The molecule has 0 aliphatic carbocycles. The number of nitrogens with two attached hydrogens (primary N) is 3. The number of hydrogen-bond acceptors (Lipinski definition) is 8. The van der Waals surface area contributed by atoms with Crippen LogP contribution in [0.4, 0.5) is 0 Å². The first-order valence-electron chi connectivity index (χ1n) is 9.49. The minimum Gasteiger partial charge on any atom is -0.480 e. The molecule has 0 radical (unpaired) electrons. The number of esters is 1. The minimum atomic E-state index is -1.05. The van der Waals surface area contributed by atoms with Crippen molar-refractivity contribution in [2.75, 3.05) is 12.0 Å². The number of hydrogen-bond donors (Lipinski definition) is 5. The van der Waals surface area contributed by atoms with Crippen LogP contribution in [0.2, 0.25) is 0 Å². The highest BCUT2D eigenvalue weighted by molar-refractivity contribution is 7.98. The zero-order chi connectivity index (χ0) is 23.3. The zero-order valence-electron chi connectivity index (χ0n) is 17.6. The first kappa shape index (κ1) is 27.9. The minimum absolute atomic E-state index is 0.219. The predicted octanol–water partition coefficient (Wildman–Crippen LogP) is 1.07. The van der Waals surface area contributed by atoms with Gasteiger partial charge in [-0.2, -0.15) is 11.8 Å². The van der Waals surface area contributed by atoms with Crippen LogP contribution in [0.25, 0.3) is 0 Å². The average molecular weight is 444 g/mol. The first-order valence-corrected chi connectivity index (χ1v) is 10.9. The number of aliphatic carboxylic acids is 2. The van der Waals surface area contributed by atoms with Crippen LogP contribution >= 0.6 is 11.8 Å². The molecule has 0 aliphatic heterocycles. The van der Waals surface area contributed by atoms with Gasteiger partial charge in [-0.05, 0) is 54.9 Å². The molecule has 9 nitrogen and oxygen atoms in total. The lowest BCUT2D eigenvalue weighted by Gasteiger charge is -2.11. The van der Waals surface area contributed by atoms with E-state index in [9.17, 15) is 14.4 Å². The molecule has 8 N–H and O–H groups in total. The van der Waals surface area contributed by atoms with E-state index in [4.69, 9.17) is 32.2 Å². The Kier molecular flexibility index (Phi) is 13.7. The molecule has 0 spiro atoms. The fraction of sp³-hybridized carbons (Fsp3) is 0.550. The highest BCUT2D eigenvalue weighted by Gasteiger charge is 2.16. The molecule has 30 heavy (non-hydrogen) atoms. The van der Waals surface area contributed by atoms with Gasteiger partial charge in [-0.3, -0.25) is 9.59 Å². The molecule has 170 valence electrons. The molecule has 0 saturated carbocycles. The maximum Gasteiger partial charge on any atom is 0.328 e. The lowest BCUT2D eigenvalue weighted by atomic mass is 10.1. The van der Waals surface area contributed by atoms with Crippen molar-refractivity contribution in [3.63, 3.8) is 0 Å². The fourth-order valence-corrected chi connectivity index (χ4v) is 2.69. The van der Waals surface area contributed by atoms with Crippen molar-refractivity contribution in [2.45, 2.75) is 51.2 Å². The van der Waals surface area contributed by atoms with Crippen LogP contribution in [0.5, 0.6) is 5.75 Å². The molecule has 0 heterocycles. The summed E-state index contributed by atoms with van der Waals surface area (Å²) in [5.41, 5.74) is 17.1. The van der Waals surface area contributed by atoms with Gasteiger partial charge >= 0.3 is 17.9 Å².